The second-order valence-electron chi connectivity index (χ2n) is 4.38. The third-order valence-corrected chi connectivity index (χ3v) is 3.05. The summed E-state index contributed by atoms with van der Waals surface area (Å²) < 4.78 is 5.63. The van der Waals surface area contributed by atoms with Crippen molar-refractivity contribution >= 4 is 0 Å². The third-order valence-electron chi connectivity index (χ3n) is 3.05. The van der Waals surface area contributed by atoms with Crippen LogP contribution < -0.4 is 5.32 Å². The number of hydrogen-bond acceptors (Lipinski definition) is 2. The minimum Gasteiger partial charge on any atom is -0.466 e. The molecule has 0 radical (unpaired) electrons. The van der Waals surface area contributed by atoms with Gasteiger partial charge in [0.15, 0.2) is 0 Å². The number of hydrogen-bond donors (Lipinski definition) is 1. The SMILES string of the molecule is Cc1ccc(C(C)CC2CCCN2)o1. The third kappa shape index (κ3) is 2.18. The van der Waals surface area contributed by atoms with Crippen LogP contribution in [0.1, 0.15) is 43.6 Å². The standard InChI is InChI=1S/C12H19NO/c1-9(8-11-4-3-7-13-11)12-6-5-10(2)14-12/h5-6,9,11,13H,3-4,7-8H2,1-2H3. The average Bonchev–Trinajstić information content (AvgIpc) is 2.75. The van der Waals surface area contributed by atoms with Crippen LogP contribution in [0.3, 0.4) is 0 Å². The molecule has 0 saturated carbocycles. The molecule has 2 unspecified atom stereocenters. The molecule has 0 bridgehead atoms. The maximum Gasteiger partial charge on any atom is 0.107 e. The average molecular weight is 193 g/mol. The highest BCUT2D eigenvalue weighted by Gasteiger charge is 2.19. The first-order valence-corrected chi connectivity index (χ1v) is 5.55. The smallest absolute Gasteiger partial charge is 0.107 e. The molecular weight excluding hydrogens is 174 g/mol. The second kappa shape index (κ2) is 4.18. The summed E-state index contributed by atoms with van der Waals surface area (Å²) in [7, 11) is 0. The highest BCUT2D eigenvalue weighted by molar-refractivity contribution is 5.10. The maximum atomic E-state index is 5.63. The molecule has 78 valence electrons. The lowest BCUT2D eigenvalue weighted by Crippen LogP contribution is -2.22. The van der Waals surface area contributed by atoms with Crippen molar-refractivity contribution in [3.63, 3.8) is 0 Å². The Morgan fingerprint density at radius 1 is 1.57 bits per heavy atom. The normalized spacial score (nSPS) is 24.0. The van der Waals surface area contributed by atoms with E-state index in [1.807, 2.05) is 13.0 Å². The summed E-state index contributed by atoms with van der Waals surface area (Å²) in [6.45, 7) is 5.44. The van der Waals surface area contributed by atoms with Gasteiger partial charge in [-0.2, -0.15) is 0 Å². The zero-order valence-corrected chi connectivity index (χ0v) is 9.05. The molecule has 14 heavy (non-hydrogen) atoms. The van der Waals surface area contributed by atoms with E-state index in [2.05, 4.69) is 18.3 Å². The van der Waals surface area contributed by atoms with E-state index in [1.165, 1.54) is 25.8 Å². The van der Waals surface area contributed by atoms with Crippen LogP contribution in [-0.4, -0.2) is 12.6 Å². The van der Waals surface area contributed by atoms with E-state index in [9.17, 15) is 0 Å². The first-order chi connectivity index (χ1) is 6.75. The molecule has 2 heteroatoms. The van der Waals surface area contributed by atoms with Crippen LogP contribution in [0.2, 0.25) is 0 Å². The maximum absolute atomic E-state index is 5.63. The molecule has 1 aliphatic rings. The van der Waals surface area contributed by atoms with Crippen LogP contribution in [0.25, 0.3) is 0 Å². The summed E-state index contributed by atoms with van der Waals surface area (Å²) >= 11 is 0. The van der Waals surface area contributed by atoms with Crippen molar-refractivity contribution in [1.29, 1.82) is 0 Å². The lowest BCUT2D eigenvalue weighted by Gasteiger charge is -2.14. The van der Waals surface area contributed by atoms with E-state index in [0.29, 0.717) is 12.0 Å². The summed E-state index contributed by atoms with van der Waals surface area (Å²) in [5, 5.41) is 3.52. The fourth-order valence-electron chi connectivity index (χ4n) is 2.22. The Kier molecular flexibility index (Phi) is 2.92. The summed E-state index contributed by atoms with van der Waals surface area (Å²) in [5.74, 6) is 2.70. The van der Waals surface area contributed by atoms with Crippen molar-refractivity contribution in [1.82, 2.24) is 5.32 Å². The van der Waals surface area contributed by atoms with Crippen molar-refractivity contribution in [2.24, 2.45) is 0 Å². The fourth-order valence-corrected chi connectivity index (χ4v) is 2.22. The van der Waals surface area contributed by atoms with Gasteiger partial charge in [-0.15, -0.1) is 0 Å². The molecule has 1 aromatic rings. The molecule has 1 aliphatic heterocycles. The van der Waals surface area contributed by atoms with Gasteiger partial charge in [0.25, 0.3) is 0 Å². The van der Waals surface area contributed by atoms with E-state index in [1.54, 1.807) is 0 Å². The van der Waals surface area contributed by atoms with Gasteiger partial charge in [-0.1, -0.05) is 6.92 Å². The van der Waals surface area contributed by atoms with Gasteiger partial charge < -0.3 is 9.73 Å². The van der Waals surface area contributed by atoms with Crippen molar-refractivity contribution in [2.45, 2.75) is 45.1 Å². The number of rotatable bonds is 3. The molecular formula is C12H19NO. The van der Waals surface area contributed by atoms with E-state index in [0.717, 1.165) is 11.5 Å². The Balaban J connectivity index is 1.91. The van der Waals surface area contributed by atoms with E-state index in [4.69, 9.17) is 4.42 Å². The van der Waals surface area contributed by atoms with Crippen LogP contribution in [-0.2, 0) is 0 Å². The molecule has 0 aliphatic carbocycles. The largest absolute Gasteiger partial charge is 0.466 e. The van der Waals surface area contributed by atoms with Crippen LogP contribution in [0.5, 0.6) is 0 Å². The van der Waals surface area contributed by atoms with Gasteiger partial charge >= 0.3 is 0 Å². The molecule has 0 amide bonds. The molecule has 1 fully saturated rings. The Morgan fingerprint density at radius 2 is 2.43 bits per heavy atom. The predicted molar refractivity (Wildman–Crippen MR) is 57.5 cm³/mol. The summed E-state index contributed by atoms with van der Waals surface area (Å²) in [4.78, 5) is 0. The lowest BCUT2D eigenvalue weighted by molar-refractivity contribution is 0.414. The predicted octanol–water partition coefficient (Wildman–Crippen LogP) is 2.83. The van der Waals surface area contributed by atoms with Gasteiger partial charge in [0.2, 0.25) is 0 Å². The topological polar surface area (TPSA) is 25.2 Å². The van der Waals surface area contributed by atoms with Crippen LogP contribution >= 0.6 is 0 Å². The van der Waals surface area contributed by atoms with Crippen LogP contribution in [0.4, 0.5) is 0 Å². The fraction of sp³-hybridized carbons (Fsp3) is 0.667. The van der Waals surface area contributed by atoms with Crippen molar-refractivity contribution in [3.05, 3.63) is 23.7 Å². The van der Waals surface area contributed by atoms with E-state index < -0.39 is 0 Å². The van der Waals surface area contributed by atoms with E-state index >= 15 is 0 Å². The number of aryl methyl sites for hydroxylation is 1. The number of furan rings is 1. The number of nitrogens with one attached hydrogen (secondary N) is 1. The lowest BCUT2D eigenvalue weighted by atomic mass is 9.98. The first kappa shape index (κ1) is 9.78. The van der Waals surface area contributed by atoms with Crippen molar-refractivity contribution in [3.8, 4) is 0 Å². The van der Waals surface area contributed by atoms with Gasteiger partial charge in [0.1, 0.15) is 11.5 Å². The van der Waals surface area contributed by atoms with Crippen LogP contribution in [0.15, 0.2) is 16.5 Å². The van der Waals surface area contributed by atoms with Gasteiger partial charge in [-0.25, -0.2) is 0 Å². The summed E-state index contributed by atoms with van der Waals surface area (Å²) in [5.41, 5.74) is 0. The minimum absolute atomic E-state index is 0.541. The molecule has 1 N–H and O–H groups in total. The van der Waals surface area contributed by atoms with Gasteiger partial charge in [-0.05, 0) is 44.9 Å². The van der Waals surface area contributed by atoms with Crippen molar-refractivity contribution in [2.75, 3.05) is 6.54 Å². The molecule has 0 aromatic carbocycles. The second-order valence-corrected chi connectivity index (χ2v) is 4.38. The van der Waals surface area contributed by atoms with Crippen molar-refractivity contribution < 1.29 is 4.42 Å². The Hall–Kier alpha value is -0.760. The van der Waals surface area contributed by atoms with Gasteiger partial charge in [0.05, 0.1) is 0 Å². The van der Waals surface area contributed by atoms with E-state index in [-0.39, 0.29) is 0 Å². The Bertz CT molecular complexity index is 286. The quantitative estimate of drug-likeness (QED) is 0.798. The first-order valence-electron chi connectivity index (χ1n) is 5.55. The molecule has 2 rings (SSSR count). The highest BCUT2D eigenvalue weighted by Crippen LogP contribution is 2.25. The summed E-state index contributed by atoms with van der Waals surface area (Å²) in [6.07, 6.45) is 3.85. The van der Waals surface area contributed by atoms with Gasteiger partial charge in [-0.3, -0.25) is 0 Å². The molecule has 2 nitrogen and oxygen atoms in total. The molecule has 2 heterocycles. The Morgan fingerprint density at radius 3 is 3.00 bits per heavy atom. The molecule has 1 saturated heterocycles. The van der Waals surface area contributed by atoms with Gasteiger partial charge in [0, 0.05) is 12.0 Å². The highest BCUT2D eigenvalue weighted by atomic mass is 16.3. The Labute approximate surface area is 85.7 Å². The zero-order chi connectivity index (χ0) is 9.97. The monoisotopic (exact) mass is 193 g/mol. The van der Waals surface area contributed by atoms with Crippen LogP contribution in [0, 0.1) is 6.92 Å². The zero-order valence-electron chi connectivity index (χ0n) is 9.05. The minimum atomic E-state index is 0.541. The molecule has 2 atom stereocenters. The molecule has 1 aromatic heterocycles. The summed E-state index contributed by atoms with van der Waals surface area (Å²) in [6, 6.07) is 4.86. The molecule has 0 spiro atoms.